The van der Waals surface area contributed by atoms with Gasteiger partial charge in [-0.05, 0) is 24.0 Å². The molecule has 1 atom stereocenters. The smallest absolute Gasteiger partial charge is 0.383 e. The third-order valence-corrected chi connectivity index (χ3v) is 4.12. The van der Waals surface area contributed by atoms with Gasteiger partial charge in [0.2, 0.25) is 5.91 Å². The maximum Gasteiger partial charge on any atom is 0.416 e. The summed E-state index contributed by atoms with van der Waals surface area (Å²) in [6.07, 6.45) is -3.74. The Bertz CT molecular complexity index is 648. The molecule has 2 N–H and O–H groups in total. The second-order valence-electron chi connectivity index (χ2n) is 6.61. The molecule has 0 aromatic heterocycles. The molecule has 6 nitrogen and oxygen atoms in total. The Morgan fingerprint density at radius 3 is 2.54 bits per heavy atom. The number of nitrogens with one attached hydrogen (secondary N) is 2. The van der Waals surface area contributed by atoms with Crippen molar-refractivity contribution >= 4 is 11.9 Å². The molecule has 1 unspecified atom stereocenters. The van der Waals surface area contributed by atoms with Crippen LogP contribution in [0.4, 0.5) is 13.2 Å². The highest BCUT2D eigenvalue weighted by atomic mass is 19.4. The molecule has 0 aliphatic heterocycles. The van der Waals surface area contributed by atoms with Crippen LogP contribution in [0.2, 0.25) is 0 Å². The molecule has 0 saturated carbocycles. The topological polar surface area (TPSA) is 66.0 Å². The second-order valence-corrected chi connectivity index (χ2v) is 6.61. The lowest BCUT2D eigenvalue weighted by atomic mass is 9.96. The monoisotopic (exact) mass is 402 g/mol. The number of alkyl halides is 3. The Morgan fingerprint density at radius 2 is 1.93 bits per heavy atom. The van der Waals surface area contributed by atoms with Gasteiger partial charge in [-0.1, -0.05) is 25.1 Å². The van der Waals surface area contributed by atoms with Crippen LogP contribution in [0.5, 0.6) is 0 Å². The van der Waals surface area contributed by atoms with Gasteiger partial charge in [-0.25, -0.2) is 4.99 Å². The fraction of sp³-hybridized carbons (Fsp3) is 0.579. The summed E-state index contributed by atoms with van der Waals surface area (Å²) in [5.74, 6) is 0.257. The second kappa shape index (κ2) is 11.5. The molecule has 1 amide bonds. The molecule has 0 aliphatic rings. The van der Waals surface area contributed by atoms with Gasteiger partial charge in [0, 0.05) is 34.3 Å². The first kappa shape index (κ1) is 23.7. The number of carbonyl (C=O) groups is 1. The van der Waals surface area contributed by atoms with Crippen molar-refractivity contribution in [2.45, 2.75) is 25.4 Å². The van der Waals surface area contributed by atoms with Crippen molar-refractivity contribution in [1.29, 1.82) is 0 Å². The van der Waals surface area contributed by atoms with Gasteiger partial charge in [0.25, 0.3) is 0 Å². The van der Waals surface area contributed by atoms with E-state index in [0.29, 0.717) is 37.6 Å². The Labute approximate surface area is 164 Å². The molecule has 0 saturated heterocycles. The summed E-state index contributed by atoms with van der Waals surface area (Å²) in [6.45, 7) is 3.36. The van der Waals surface area contributed by atoms with Crippen LogP contribution in [0.3, 0.4) is 0 Å². The molecule has 0 heterocycles. The number of likely N-dealkylation sites (N-methyl/N-ethyl adjacent to an activating group) is 1. The predicted octanol–water partition coefficient (Wildman–Crippen LogP) is 2.47. The molecule has 158 valence electrons. The van der Waals surface area contributed by atoms with Gasteiger partial charge in [0.1, 0.15) is 6.54 Å². The lowest BCUT2D eigenvalue weighted by Crippen LogP contribution is -2.40. The van der Waals surface area contributed by atoms with Crippen molar-refractivity contribution in [2.75, 3.05) is 47.4 Å². The molecular formula is C19H29F3N4O2. The number of rotatable bonds is 9. The number of ether oxygens (including phenoxy) is 1. The number of nitrogens with zero attached hydrogens (tertiary/aromatic N) is 2. The normalized spacial score (nSPS) is 13.2. The van der Waals surface area contributed by atoms with E-state index in [1.54, 1.807) is 27.3 Å². The average Bonchev–Trinajstić information content (AvgIpc) is 2.64. The van der Waals surface area contributed by atoms with Crippen molar-refractivity contribution in [3.8, 4) is 0 Å². The van der Waals surface area contributed by atoms with Gasteiger partial charge >= 0.3 is 6.18 Å². The van der Waals surface area contributed by atoms with Crippen LogP contribution in [0, 0.1) is 0 Å². The van der Waals surface area contributed by atoms with Crippen molar-refractivity contribution in [3.63, 3.8) is 0 Å². The first-order valence-electron chi connectivity index (χ1n) is 9.03. The summed E-state index contributed by atoms with van der Waals surface area (Å²) in [7, 11) is 4.89. The molecule has 1 rings (SSSR count). The lowest BCUT2D eigenvalue weighted by Gasteiger charge is -2.17. The van der Waals surface area contributed by atoms with Crippen LogP contribution < -0.4 is 10.6 Å². The van der Waals surface area contributed by atoms with Crippen LogP contribution in [0.1, 0.15) is 30.4 Å². The van der Waals surface area contributed by atoms with Crippen LogP contribution >= 0.6 is 0 Å². The van der Waals surface area contributed by atoms with E-state index in [9.17, 15) is 18.0 Å². The number of halogens is 3. The minimum Gasteiger partial charge on any atom is -0.383 e. The van der Waals surface area contributed by atoms with Crippen molar-refractivity contribution < 1.29 is 22.7 Å². The first-order chi connectivity index (χ1) is 13.1. The quantitative estimate of drug-likeness (QED) is 0.378. The standard InChI is InChI=1S/C19H29F3N4O2/c1-14(15-6-5-7-16(12-15)19(20,21)22)8-9-23-18(24-10-11-28-4)25-13-17(27)26(2)3/h5-7,12,14H,8-11,13H2,1-4H3,(H2,23,24,25). The van der Waals surface area contributed by atoms with Gasteiger partial charge < -0.3 is 20.3 Å². The molecule has 28 heavy (non-hydrogen) atoms. The number of hydrogen-bond donors (Lipinski definition) is 2. The maximum absolute atomic E-state index is 12.9. The number of carbonyl (C=O) groups excluding carboxylic acids is 1. The fourth-order valence-corrected chi connectivity index (χ4v) is 2.33. The minimum atomic E-state index is -4.35. The lowest BCUT2D eigenvalue weighted by molar-refractivity contribution is -0.137. The Hall–Kier alpha value is -2.29. The maximum atomic E-state index is 12.9. The largest absolute Gasteiger partial charge is 0.416 e. The summed E-state index contributed by atoms with van der Waals surface area (Å²) in [4.78, 5) is 17.4. The van der Waals surface area contributed by atoms with Gasteiger partial charge in [-0.3, -0.25) is 4.79 Å². The Balaban J connectivity index is 2.64. The first-order valence-corrected chi connectivity index (χ1v) is 9.03. The van der Waals surface area contributed by atoms with Crippen molar-refractivity contribution in [1.82, 2.24) is 15.5 Å². The number of methoxy groups -OCH3 is 1. The van der Waals surface area contributed by atoms with Crippen LogP contribution in [0.25, 0.3) is 0 Å². The summed E-state index contributed by atoms with van der Waals surface area (Å²) in [6, 6.07) is 5.38. The highest BCUT2D eigenvalue weighted by molar-refractivity contribution is 5.84. The molecule has 0 fully saturated rings. The molecule has 0 bridgehead atoms. The zero-order chi connectivity index (χ0) is 21.2. The summed E-state index contributed by atoms with van der Waals surface area (Å²) in [5.41, 5.74) is -0.0132. The van der Waals surface area contributed by atoms with Crippen molar-refractivity contribution in [2.24, 2.45) is 4.99 Å². The third kappa shape index (κ3) is 8.60. The molecule has 0 radical (unpaired) electrons. The third-order valence-electron chi connectivity index (χ3n) is 4.12. The van der Waals surface area contributed by atoms with Gasteiger partial charge in [-0.15, -0.1) is 0 Å². The summed E-state index contributed by atoms with van der Waals surface area (Å²) in [5, 5.41) is 6.16. The summed E-state index contributed by atoms with van der Waals surface area (Å²) < 4.78 is 43.6. The van der Waals surface area contributed by atoms with E-state index in [0.717, 1.165) is 6.07 Å². The average molecular weight is 402 g/mol. The van der Waals surface area contributed by atoms with Gasteiger partial charge in [0.15, 0.2) is 5.96 Å². The van der Waals surface area contributed by atoms with E-state index in [1.165, 1.54) is 17.0 Å². The molecular weight excluding hydrogens is 373 g/mol. The van der Waals surface area contributed by atoms with E-state index in [4.69, 9.17) is 4.74 Å². The highest BCUT2D eigenvalue weighted by Crippen LogP contribution is 2.31. The molecule has 1 aromatic carbocycles. The number of amides is 1. The Kier molecular flexibility index (Phi) is 9.78. The zero-order valence-electron chi connectivity index (χ0n) is 16.8. The number of guanidine groups is 1. The molecule has 0 aliphatic carbocycles. The van der Waals surface area contributed by atoms with E-state index >= 15 is 0 Å². The molecule has 1 aromatic rings. The SMILES string of the molecule is COCCNC(=NCC(=O)N(C)C)NCCC(C)c1cccc(C(F)(F)F)c1. The summed E-state index contributed by atoms with van der Waals surface area (Å²) >= 11 is 0. The van der Waals surface area contributed by atoms with Gasteiger partial charge in [0.05, 0.1) is 12.2 Å². The van der Waals surface area contributed by atoms with Crippen LogP contribution in [-0.4, -0.2) is 64.2 Å². The molecule has 0 spiro atoms. The predicted molar refractivity (Wildman–Crippen MR) is 103 cm³/mol. The zero-order valence-corrected chi connectivity index (χ0v) is 16.8. The number of aliphatic imine (C=N–C) groups is 1. The fourth-order valence-electron chi connectivity index (χ4n) is 2.33. The Morgan fingerprint density at radius 1 is 1.25 bits per heavy atom. The molecule has 9 heteroatoms. The number of benzene rings is 1. The van der Waals surface area contributed by atoms with E-state index < -0.39 is 11.7 Å². The van der Waals surface area contributed by atoms with E-state index in [2.05, 4.69) is 15.6 Å². The van der Waals surface area contributed by atoms with Crippen LogP contribution in [-0.2, 0) is 15.7 Å². The number of hydrogen-bond acceptors (Lipinski definition) is 3. The van der Waals surface area contributed by atoms with E-state index in [-0.39, 0.29) is 18.4 Å². The van der Waals surface area contributed by atoms with Crippen molar-refractivity contribution in [3.05, 3.63) is 35.4 Å². The van der Waals surface area contributed by atoms with Gasteiger partial charge in [-0.2, -0.15) is 13.2 Å². The minimum absolute atomic E-state index is 0.00149. The van der Waals surface area contributed by atoms with Crippen LogP contribution in [0.15, 0.2) is 29.3 Å². The highest BCUT2D eigenvalue weighted by Gasteiger charge is 2.30. The van der Waals surface area contributed by atoms with E-state index in [1.807, 2.05) is 6.92 Å².